The quantitative estimate of drug-likeness (QED) is 0.0200. The van der Waals surface area contributed by atoms with Crippen molar-refractivity contribution in [2.75, 3.05) is 53.1 Å². The van der Waals surface area contributed by atoms with Gasteiger partial charge in [0, 0.05) is 122 Å². The molecule has 5 aromatic rings. The molecule has 79 heavy (non-hydrogen) atoms. The number of phenolic OH excluding ortho intramolecular Hbond substituents is 1. The van der Waals surface area contributed by atoms with Crippen LogP contribution in [0.4, 0.5) is 21.9 Å². The van der Waals surface area contributed by atoms with E-state index >= 15 is 0 Å². The predicted octanol–water partition coefficient (Wildman–Crippen LogP) is 9.07. The van der Waals surface area contributed by atoms with Crippen molar-refractivity contribution in [3.63, 3.8) is 0 Å². The number of rotatable bonds is 26. The number of nitrogens with zero attached hydrogens (tertiary/aromatic N) is 3. The minimum absolute atomic E-state index is 0.0913. The number of amides is 8. The maximum atomic E-state index is 14.1. The summed E-state index contributed by atoms with van der Waals surface area (Å²) in [5.74, 6) is -2.08. The number of carbonyl (C=O) groups is 8. The molecule has 0 radical (unpaired) electrons. The number of anilines is 3. The van der Waals surface area contributed by atoms with E-state index in [2.05, 4.69) is 16.0 Å². The molecule has 4 atom stereocenters. The van der Waals surface area contributed by atoms with Crippen molar-refractivity contribution in [3.8, 4) is 11.5 Å². The lowest BCUT2D eigenvalue weighted by Crippen LogP contribution is -2.45. The minimum Gasteiger partial charge on any atom is -0.507 e. The fourth-order valence-electron chi connectivity index (χ4n) is 10.9. The van der Waals surface area contributed by atoms with Crippen LogP contribution < -0.4 is 36.2 Å². The van der Waals surface area contributed by atoms with Gasteiger partial charge in [-0.15, -0.1) is 23.2 Å². The van der Waals surface area contributed by atoms with Gasteiger partial charge in [0.05, 0.1) is 17.4 Å². The van der Waals surface area contributed by atoms with E-state index in [0.717, 1.165) is 37.7 Å². The van der Waals surface area contributed by atoms with Crippen LogP contribution >= 0.6 is 23.2 Å². The number of Topliss-reactive ketones (excluding diaryl/α,β-unsaturated/α-hetero) is 1. The number of fused-ring (bicyclic) bond motifs is 6. The number of hydrogen-bond donors (Lipinski definition) is 5. The van der Waals surface area contributed by atoms with E-state index in [4.69, 9.17) is 33.7 Å². The van der Waals surface area contributed by atoms with Crippen molar-refractivity contribution in [2.24, 2.45) is 17.6 Å². The van der Waals surface area contributed by atoms with Gasteiger partial charge in [-0.05, 0) is 77.6 Å². The Morgan fingerprint density at radius 3 is 1.90 bits per heavy atom. The second-order valence-corrected chi connectivity index (χ2v) is 21.4. The van der Waals surface area contributed by atoms with Gasteiger partial charge in [-0.1, -0.05) is 80.9 Å². The molecule has 3 heterocycles. The Kier molecular flexibility index (Phi) is 19.3. The second kappa shape index (κ2) is 26.4. The zero-order valence-electron chi connectivity index (χ0n) is 44.4. The van der Waals surface area contributed by atoms with E-state index in [1.165, 1.54) is 12.2 Å². The highest BCUT2D eigenvalue weighted by Crippen LogP contribution is 2.47. The molecule has 5 aromatic carbocycles. The first-order valence-corrected chi connectivity index (χ1v) is 28.1. The first-order valence-electron chi connectivity index (χ1n) is 27.0. The lowest BCUT2D eigenvalue weighted by Gasteiger charge is -2.24. The number of ether oxygens (including phenoxy) is 1. The number of imide groups is 1. The predicted molar refractivity (Wildman–Crippen MR) is 305 cm³/mol. The molecule has 0 saturated heterocycles. The smallest absolute Gasteiger partial charge is 0.312 e. The number of ketones is 1. The maximum absolute atomic E-state index is 14.1. The van der Waals surface area contributed by atoms with Crippen LogP contribution in [0.15, 0.2) is 97.1 Å². The van der Waals surface area contributed by atoms with Crippen LogP contribution in [0.1, 0.15) is 107 Å². The van der Waals surface area contributed by atoms with Gasteiger partial charge in [0.2, 0.25) is 23.6 Å². The van der Waals surface area contributed by atoms with Gasteiger partial charge in [0.15, 0.2) is 5.78 Å². The molecule has 3 aliphatic rings. The number of alkyl halides is 2. The van der Waals surface area contributed by atoms with E-state index in [1.807, 2.05) is 80.6 Å². The summed E-state index contributed by atoms with van der Waals surface area (Å²) in [6.07, 6.45) is 5.23. The van der Waals surface area contributed by atoms with Gasteiger partial charge in [-0.2, -0.15) is 0 Å². The average Bonchev–Trinajstić information content (AvgIpc) is 4.35. The average molecular weight is 1120 g/mol. The van der Waals surface area contributed by atoms with Crippen molar-refractivity contribution in [2.45, 2.75) is 103 Å². The Balaban J connectivity index is 0.879. The van der Waals surface area contributed by atoms with Gasteiger partial charge < -0.3 is 41.3 Å². The topological polar surface area (TPSA) is 238 Å². The number of aromatic hydroxyl groups is 1. The third kappa shape index (κ3) is 13.7. The van der Waals surface area contributed by atoms with Crippen molar-refractivity contribution in [3.05, 3.63) is 114 Å². The fourth-order valence-corrected chi connectivity index (χ4v) is 11.4. The van der Waals surface area contributed by atoms with E-state index in [9.17, 15) is 43.5 Å². The summed E-state index contributed by atoms with van der Waals surface area (Å²) in [6.45, 7) is 5.00. The monoisotopic (exact) mass is 1120 g/mol. The van der Waals surface area contributed by atoms with Gasteiger partial charge in [-0.25, -0.2) is 4.79 Å². The molecular weight excluding hydrogens is 1050 g/mol. The van der Waals surface area contributed by atoms with Crippen molar-refractivity contribution in [1.29, 1.82) is 0 Å². The number of benzene rings is 5. The summed E-state index contributed by atoms with van der Waals surface area (Å²) in [5.41, 5.74) is 9.78. The highest BCUT2D eigenvalue weighted by atomic mass is 35.5. The molecule has 6 N–H and O–H groups in total. The van der Waals surface area contributed by atoms with Crippen molar-refractivity contribution < 1.29 is 48.2 Å². The molecule has 0 aliphatic carbocycles. The third-order valence-electron chi connectivity index (χ3n) is 15.0. The molecule has 0 aromatic heterocycles. The molecule has 17 nitrogen and oxygen atoms in total. The van der Waals surface area contributed by atoms with Crippen molar-refractivity contribution in [1.82, 2.24) is 15.5 Å². The number of unbranched alkanes of at least 4 members (excludes halogenated alkanes) is 2. The van der Waals surface area contributed by atoms with Crippen molar-refractivity contribution >= 4 is 109 Å². The fraction of sp³-hybridized carbons (Fsp3) is 0.400. The molecule has 0 saturated carbocycles. The minimum atomic E-state index is -0.850. The zero-order valence-corrected chi connectivity index (χ0v) is 46.0. The maximum Gasteiger partial charge on any atom is 0.312 e. The van der Waals surface area contributed by atoms with E-state index < -0.39 is 23.9 Å². The summed E-state index contributed by atoms with van der Waals surface area (Å²) in [4.78, 5) is 108. The summed E-state index contributed by atoms with van der Waals surface area (Å²) in [5, 5.41) is 22.5. The largest absolute Gasteiger partial charge is 0.507 e. The van der Waals surface area contributed by atoms with Crippen LogP contribution in [0.2, 0.25) is 0 Å². The lowest BCUT2D eigenvalue weighted by molar-refractivity contribution is -0.137. The lowest BCUT2D eigenvalue weighted by atomic mass is 9.89. The molecule has 19 heteroatoms. The number of carbonyl (C=O) groups excluding carboxylic acids is 8. The Bertz CT molecular complexity index is 3150. The molecule has 0 fully saturated rings. The van der Waals surface area contributed by atoms with Gasteiger partial charge in [-0.3, -0.25) is 38.5 Å². The molecule has 3 aliphatic heterocycles. The van der Waals surface area contributed by atoms with Gasteiger partial charge in [0.25, 0.3) is 11.8 Å². The summed E-state index contributed by atoms with van der Waals surface area (Å²) in [7, 11) is 0. The number of phenols is 1. The first kappa shape index (κ1) is 57.7. The summed E-state index contributed by atoms with van der Waals surface area (Å²) >= 11 is 13.0. The van der Waals surface area contributed by atoms with Crippen LogP contribution in [0.25, 0.3) is 21.5 Å². The summed E-state index contributed by atoms with van der Waals surface area (Å²) < 4.78 is 6.51. The Hall–Kier alpha value is -7.50. The zero-order chi connectivity index (χ0) is 56.3. The molecule has 416 valence electrons. The molecular formula is C60H67Cl2N7O10. The molecule has 0 bridgehead atoms. The highest BCUT2D eigenvalue weighted by molar-refractivity contribution is 6.19. The normalized spacial score (nSPS) is 16.3. The number of urea groups is 1. The van der Waals surface area contributed by atoms with Crippen LogP contribution in [-0.2, 0) is 40.2 Å². The number of nitrogens with two attached hydrogens (primary N) is 1. The Morgan fingerprint density at radius 1 is 0.722 bits per heavy atom. The van der Waals surface area contributed by atoms with Crippen LogP contribution in [0.3, 0.4) is 0 Å². The van der Waals surface area contributed by atoms with Gasteiger partial charge >= 0.3 is 6.03 Å². The Morgan fingerprint density at radius 2 is 1.30 bits per heavy atom. The van der Waals surface area contributed by atoms with E-state index in [0.29, 0.717) is 79.3 Å². The van der Waals surface area contributed by atoms with E-state index in [1.54, 1.807) is 28.0 Å². The Labute approximate surface area is 469 Å². The van der Waals surface area contributed by atoms with E-state index in [-0.39, 0.29) is 117 Å². The number of hydrogen-bond acceptors (Lipinski definition) is 10. The summed E-state index contributed by atoms with van der Waals surface area (Å²) in [6, 6.07) is 24.4. The molecule has 8 rings (SSSR count). The van der Waals surface area contributed by atoms with Gasteiger partial charge in [0.1, 0.15) is 18.1 Å². The van der Waals surface area contributed by atoms with Crippen LogP contribution in [-0.4, -0.2) is 101 Å². The third-order valence-corrected chi connectivity index (χ3v) is 15.8. The molecule has 8 amide bonds. The van der Waals surface area contributed by atoms with Crippen LogP contribution in [0.5, 0.6) is 11.5 Å². The SMILES string of the molecule is CC(C)[C@H](NC(=O)CCCCCN1C(=O)C=CC1=O)C(=O)C[C@@H](CCCNC(N)=O)C(=O)Nc1ccc(COc2cc3c(c4ccccc24)[C@@H](CCl)CN3C(=O)CCCC(=O)N2C[C@@H](CCl)c3c2cc(O)c2ccccc32)cc1. The molecule has 0 unspecified atom stereocenters. The second-order valence-electron chi connectivity index (χ2n) is 20.8. The number of nitrogens with one attached hydrogen (secondary N) is 3. The molecule has 0 spiro atoms. The number of primary amides is 1. The number of halogens is 2. The van der Waals surface area contributed by atoms with Crippen LogP contribution in [0, 0.1) is 11.8 Å². The standard InChI is InChI=1S/C60H67Cl2N7O10/c1-36(2)58(66-51(72)17-4-3-9-27-67-54(75)24-25-55(67)76)49(71)28-38(12-11-26-64-60(63)78)59(77)65-41-22-20-37(21-23-41)35-79-50-30-47-57(45-16-8-6-14-43(45)50)40(32-62)34-69(47)53(74)19-10-18-52(73)68-33-39(31-61)56-44-15-7-5-13-42(44)48(70)29-46(56)68/h5-8,13-16,20-25,29-30,36,38-40,58,70H,3-4,9-12,17-19,26-28,31-35H2,1-2H3,(H,65,77)(H,66,72)(H3,63,64,78)/t38-,39-,40+,58+/m1/s1. The first-order chi connectivity index (χ1) is 38.1. The highest BCUT2D eigenvalue weighted by Gasteiger charge is 2.37.